The minimum atomic E-state index is -0.394. The first-order chi connectivity index (χ1) is 10.7. The van der Waals surface area contributed by atoms with Crippen molar-refractivity contribution in [2.75, 3.05) is 24.6 Å². The third kappa shape index (κ3) is 4.94. The number of nitrogens with one attached hydrogen (secondary N) is 1. The van der Waals surface area contributed by atoms with Crippen molar-refractivity contribution in [3.63, 3.8) is 0 Å². The monoisotopic (exact) mass is 306 g/mol. The lowest BCUT2D eigenvalue weighted by molar-refractivity contribution is -0.132. The third-order valence-electron chi connectivity index (χ3n) is 3.84. The molecule has 6 nitrogen and oxygen atoms in total. The molecule has 1 aromatic heterocycles. The van der Waals surface area contributed by atoms with Crippen molar-refractivity contribution in [2.45, 2.75) is 51.7 Å². The van der Waals surface area contributed by atoms with Crippen LogP contribution in [0.15, 0.2) is 18.5 Å². The van der Waals surface area contributed by atoms with Gasteiger partial charge in [-0.3, -0.25) is 4.79 Å². The zero-order chi connectivity index (χ0) is 15.8. The fourth-order valence-electron chi connectivity index (χ4n) is 2.53. The van der Waals surface area contributed by atoms with E-state index in [0.717, 1.165) is 44.7 Å². The van der Waals surface area contributed by atoms with E-state index in [0.29, 0.717) is 6.61 Å². The van der Waals surface area contributed by atoms with Crippen molar-refractivity contribution in [3.8, 4) is 0 Å². The van der Waals surface area contributed by atoms with E-state index < -0.39 is 6.10 Å². The van der Waals surface area contributed by atoms with Crippen LogP contribution in [0, 0.1) is 0 Å². The van der Waals surface area contributed by atoms with Gasteiger partial charge in [0.2, 0.25) is 11.9 Å². The summed E-state index contributed by atoms with van der Waals surface area (Å²) >= 11 is 0. The van der Waals surface area contributed by atoms with Gasteiger partial charge < -0.3 is 15.0 Å². The van der Waals surface area contributed by atoms with E-state index in [4.69, 9.17) is 4.74 Å². The Morgan fingerprint density at radius 1 is 1.50 bits per heavy atom. The van der Waals surface area contributed by atoms with Gasteiger partial charge >= 0.3 is 0 Å². The number of hydrogen-bond donors (Lipinski definition) is 1. The quantitative estimate of drug-likeness (QED) is 0.778. The minimum absolute atomic E-state index is 0.0306. The summed E-state index contributed by atoms with van der Waals surface area (Å²) in [5.74, 6) is 0.700. The summed E-state index contributed by atoms with van der Waals surface area (Å²) in [5, 5.41) is 3.08. The predicted molar refractivity (Wildman–Crippen MR) is 85.7 cm³/mol. The second-order valence-corrected chi connectivity index (χ2v) is 5.71. The van der Waals surface area contributed by atoms with E-state index in [9.17, 15) is 4.79 Å². The van der Waals surface area contributed by atoms with Crippen molar-refractivity contribution >= 4 is 11.9 Å². The summed E-state index contributed by atoms with van der Waals surface area (Å²) in [4.78, 5) is 22.8. The summed E-state index contributed by atoms with van der Waals surface area (Å²) < 4.78 is 5.55. The zero-order valence-electron chi connectivity index (χ0n) is 13.5. The fourth-order valence-corrected chi connectivity index (χ4v) is 2.53. The first kappa shape index (κ1) is 16.7. The highest BCUT2D eigenvalue weighted by molar-refractivity contribution is 5.80. The van der Waals surface area contributed by atoms with Gasteiger partial charge in [0, 0.05) is 38.1 Å². The van der Waals surface area contributed by atoms with Gasteiger partial charge in [-0.1, -0.05) is 13.3 Å². The molecule has 0 unspecified atom stereocenters. The van der Waals surface area contributed by atoms with Gasteiger partial charge in [-0.15, -0.1) is 0 Å². The number of piperidine rings is 1. The maximum Gasteiger partial charge on any atom is 0.249 e. The van der Waals surface area contributed by atoms with Crippen LogP contribution in [0.1, 0.15) is 39.5 Å². The van der Waals surface area contributed by atoms with Crippen molar-refractivity contribution in [1.82, 2.24) is 15.3 Å². The van der Waals surface area contributed by atoms with Crippen LogP contribution in [0.3, 0.4) is 0 Å². The topological polar surface area (TPSA) is 67.3 Å². The van der Waals surface area contributed by atoms with Gasteiger partial charge in [0.15, 0.2) is 0 Å². The number of carbonyl (C=O) groups excluding carboxylic acids is 1. The van der Waals surface area contributed by atoms with Crippen LogP contribution in [0.2, 0.25) is 0 Å². The molecular formula is C16H26N4O2. The highest BCUT2D eigenvalue weighted by atomic mass is 16.5. The van der Waals surface area contributed by atoms with Gasteiger partial charge in [0.05, 0.1) is 0 Å². The van der Waals surface area contributed by atoms with Gasteiger partial charge in [0.25, 0.3) is 0 Å². The Bertz CT molecular complexity index is 455. The normalized spacial score (nSPS) is 19.7. The third-order valence-corrected chi connectivity index (χ3v) is 3.84. The molecule has 0 saturated carbocycles. The van der Waals surface area contributed by atoms with Crippen LogP contribution in [0.4, 0.5) is 5.95 Å². The summed E-state index contributed by atoms with van der Waals surface area (Å²) in [6, 6.07) is 1.93. The van der Waals surface area contributed by atoms with Gasteiger partial charge in [-0.2, -0.15) is 0 Å². The molecule has 0 spiro atoms. The van der Waals surface area contributed by atoms with E-state index in [1.54, 1.807) is 12.4 Å². The molecule has 0 aliphatic carbocycles. The molecule has 1 aromatic rings. The maximum atomic E-state index is 12.2. The van der Waals surface area contributed by atoms with E-state index in [-0.39, 0.29) is 11.9 Å². The number of anilines is 1. The molecule has 0 bridgehead atoms. The number of aromatic nitrogens is 2. The maximum absolute atomic E-state index is 12.2. The Labute approximate surface area is 132 Å². The van der Waals surface area contributed by atoms with E-state index in [2.05, 4.69) is 27.1 Å². The number of nitrogens with zero attached hydrogens (tertiary/aromatic N) is 3. The summed E-state index contributed by atoms with van der Waals surface area (Å²) in [5.41, 5.74) is 0. The molecule has 1 amide bonds. The number of hydrogen-bond acceptors (Lipinski definition) is 5. The Morgan fingerprint density at radius 2 is 2.27 bits per heavy atom. The van der Waals surface area contributed by atoms with Crippen molar-refractivity contribution < 1.29 is 9.53 Å². The Kier molecular flexibility index (Phi) is 6.58. The molecule has 22 heavy (non-hydrogen) atoms. The second kappa shape index (κ2) is 8.68. The molecule has 2 atom stereocenters. The smallest absolute Gasteiger partial charge is 0.249 e. The van der Waals surface area contributed by atoms with Gasteiger partial charge in [0.1, 0.15) is 6.10 Å². The van der Waals surface area contributed by atoms with Crippen LogP contribution in [-0.4, -0.2) is 47.7 Å². The summed E-state index contributed by atoms with van der Waals surface area (Å²) in [7, 11) is 0. The molecule has 6 heteroatoms. The van der Waals surface area contributed by atoms with E-state index in [1.165, 1.54) is 0 Å². The SMILES string of the molecule is CCCCO[C@H](C)C(=O)N[C@@H]1CCCN(c2ncccn2)C1. The highest BCUT2D eigenvalue weighted by Crippen LogP contribution is 2.15. The van der Waals surface area contributed by atoms with Crippen molar-refractivity contribution in [3.05, 3.63) is 18.5 Å². The Morgan fingerprint density at radius 3 is 3.00 bits per heavy atom. The number of rotatable bonds is 7. The molecule has 1 fully saturated rings. The molecule has 1 saturated heterocycles. The van der Waals surface area contributed by atoms with Crippen molar-refractivity contribution in [1.29, 1.82) is 0 Å². The average Bonchev–Trinajstić information content (AvgIpc) is 2.56. The molecule has 1 aliphatic rings. The van der Waals surface area contributed by atoms with Crippen LogP contribution >= 0.6 is 0 Å². The van der Waals surface area contributed by atoms with Crippen LogP contribution in [0.25, 0.3) is 0 Å². The lowest BCUT2D eigenvalue weighted by atomic mass is 10.1. The number of amides is 1. The lowest BCUT2D eigenvalue weighted by Gasteiger charge is -2.33. The van der Waals surface area contributed by atoms with Crippen LogP contribution in [-0.2, 0) is 9.53 Å². The summed E-state index contributed by atoms with van der Waals surface area (Å²) in [6.45, 7) is 6.23. The molecule has 122 valence electrons. The molecular weight excluding hydrogens is 280 g/mol. The fraction of sp³-hybridized carbons (Fsp3) is 0.688. The molecule has 0 aromatic carbocycles. The first-order valence-corrected chi connectivity index (χ1v) is 8.14. The molecule has 2 rings (SSSR count). The van der Waals surface area contributed by atoms with E-state index >= 15 is 0 Å². The lowest BCUT2D eigenvalue weighted by Crippen LogP contribution is -2.50. The number of carbonyl (C=O) groups is 1. The molecule has 1 aliphatic heterocycles. The Balaban J connectivity index is 1.81. The van der Waals surface area contributed by atoms with Crippen LogP contribution < -0.4 is 10.2 Å². The van der Waals surface area contributed by atoms with Gasteiger partial charge in [-0.05, 0) is 32.3 Å². The average molecular weight is 306 g/mol. The second-order valence-electron chi connectivity index (χ2n) is 5.71. The van der Waals surface area contributed by atoms with Gasteiger partial charge in [-0.25, -0.2) is 9.97 Å². The number of unbranched alkanes of at least 4 members (excludes halogenated alkanes) is 1. The number of ether oxygens (including phenoxy) is 1. The van der Waals surface area contributed by atoms with E-state index in [1.807, 2.05) is 13.0 Å². The molecule has 1 N–H and O–H groups in total. The molecule has 0 radical (unpaired) electrons. The first-order valence-electron chi connectivity index (χ1n) is 8.14. The Hall–Kier alpha value is -1.69. The highest BCUT2D eigenvalue weighted by Gasteiger charge is 2.24. The predicted octanol–water partition coefficient (Wildman–Crippen LogP) is 1.77. The van der Waals surface area contributed by atoms with Crippen molar-refractivity contribution in [2.24, 2.45) is 0 Å². The minimum Gasteiger partial charge on any atom is -0.369 e. The summed E-state index contributed by atoms with van der Waals surface area (Å²) in [6.07, 6.45) is 7.16. The zero-order valence-corrected chi connectivity index (χ0v) is 13.5. The molecule has 2 heterocycles. The largest absolute Gasteiger partial charge is 0.369 e. The standard InChI is InChI=1S/C16H26N4O2/c1-3-4-11-22-13(2)15(21)19-14-7-5-10-20(12-14)16-17-8-6-9-18-16/h6,8-9,13-14H,3-5,7,10-12H2,1-2H3,(H,19,21)/t13-,14-/m1/s1. The van der Waals surface area contributed by atoms with Crippen LogP contribution in [0.5, 0.6) is 0 Å².